The van der Waals surface area contributed by atoms with Crippen LogP contribution in [0.4, 0.5) is 9.59 Å². The predicted molar refractivity (Wildman–Crippen MR) is 255 cm³/mol. The normalized spacial score (nSPS) is 13.8. The van der Waals surface area contributed by atoms with Gasteiger partial charge in [-0.05, 0) is 102 Å². The average Bonchev–Trinajstić information content (AvgIpc) is 3.15. The van der Waals surface area contributed by atoms with E-state index < -0.39 is 93.4 Å². The Labute approximate surface area is 384 Å². The first-order valence-electron chi connectivity index (χ1n) is 22.2. The van der Waals surface area contributed by atoms with Gasteiger partial charge >= 0.3 is 24.1 Å². The van der Waals surface area contributed by atoms with Gasteiger partial charge < -0.3 is 39.6 Å². The molecule has 2 aromatic rings. The number of hydrogen-bond donors (Lipinski definition) is 4. The maximum absolute atomic E-state index is 14.6. The zero-order chi connectivity index (χ0) is 48.8. The molecule has 0 aromatic heterocycles. The van der Waals surface area contributed by atoms with E-state index in [0.29, 0.717) is 6.42 Å². The highest BCUT2D eigenvalue weighted by molar-refractivity contribution is 6.80. The molecule has 0 aliphatic heterocycles. The molecule has 0 saturated carbocycles. The molecule has 3 atom stereocenters. The van der Waals surface area contributed by atoms with Crippen molar-refractivity contribution < 1.29 is 47.1 Å². The first kappa shape index (κ1) is 55.2. The van der Waals surface area contributed by atoms with Crippen LogP contribution in [0.5, 0.6) is 0 Å². The van der Waals surface area contributed by atoms with Crippen LogP contribution in [0.25, 0.3) is 0 Å². The van der Waals surface area contributed by atoms with Crippen molar-refractivity contribution >= 4 is 52.6 Å². The lowest BCUT2D eigenvalue weighted by Gasteiger charge is -2.49. The van der Waals surface area contributed by atoms with Gasteiger partial charge in [0.05, 0.1) is 6.42 Å². The number of carbonyl (C=O) groups excluding carboxylic acids is 6. The highest BCUT2D eigenvalue weighted by Crippen LogP contribution is 2.48. The zero-order valence-corrected chi connectivity index (χ0v) is 43.0. The largest absolute Gasteiger partial charge is 0.518 e. The van der Waals surface area contributed by atoms with E-state index in [1.165, 1.54) is 0 Å². The van der Waals surface area contributed by atoms with E-state index in [-0.39, 0.29) is 36.0 Å². The molecule has 16 heteroatoms. The number of nitrogens with one attached hydrogen (secondary N) is 4. The van der Waals surface area contributed by atoms with E-state index in [4.69, 9.17) is 18.3 Å². The first-order chi connectivity index (χ1) is 29.4. The van der Waals surface area contributed by atoms with Crippen molar-refractivity contribution in [2.45, 2.75) is 174 Å². The number of alkyl carbamates (subject to hydrolysis) is 1. The second kappa shape index (κ2) is 23.3. The quantitative estimate of drug-likeness (QED) is 0.0409. The second-order valence-corrected chi connectivity index (χ2v) is 30.2. The number of carbonyl (C=O) groups is 6. The number of esters is 1. The molecule has 0 heterocycles. The van der Waals surface area contributed by atoms with Gasteiger partial charge in [0.15, 0.2) is 0 Å². The number of benzene rings is 2. The van der Waals surface area contributed by atoms with Gasteiger partial charge in [-0.3, -0.25) is 19.2 Å². The lowest BCUT2D eigenvalue weighted by Crippen LogP contribution is -2.63. The molecule has 0 saturated heterocycles. The standard InChI is InChI=1S/C48H76N4O10Si2/c1-32(2)64(33(3)4,48(12,13)36-27-21-18-22-28-36)62-45(58)51-37(30-35-25-19-17-20-26-35)41(54)52-40(34(5)24-23-29-49-44(57)60-47(9,10)11)42(55)50-38(43(56)61-63(14,15)16)31-39(53)59-46(6,7)8/h17-22,25-28,32-33,37-38,40H,5,23-24,29-31H2,1-4,6-16H3,(H,49,57)(H,50,55)(H,51,58)(H,52,54)/t37-,38-,40-/m0/s1. The Bertz CT molecular complexity index is 1890. The summed E-state index contributed by atoms with van der Waals surface area (Å²) in [6, 6.07) is 14.9. The SMILES string of the molecule is C=C(CCCNC(=O)OC(C)(C)C)[C@H](NC(=O)[C@H](Cc1ccccc1)NC(=O)O[Si](C(C)C)(C(C)C)C(C)(C)c1ccccc1)C(=O)N[C@@H](CC(=O)OC(C)(C)C)C(=O)O[Si](C)(C)C. The summed E-state index contributed by atoms with van der Waals surface area (Å²) in [7, 11) is -5.62. The van der Waals surface area contributed by atoms with Crippen LogP contribution >= 0.6 is 0 Å². The van der Waals surface area contributed by atoms with E-state index in [0.717, 1.165) is 11.1 Å². The Morgan fingerprint density at radius 2 is 1.19 bits per heavy atom. The molecular formula is C48H76N4O10Si2. The van der Waals surface area contributed by atoms with Crippen LogP contribution in [0, 0.1) is 0 Å². The van der Waals surface area contributed by atoms with Gasteiger partial charge in [-0.2, -0.15) is 0 Å². The summed E-state index contributed by atoms with van der Waals surface area (Å²) in [6.07, 6.45) is -1.47. The molecular weight excluding hydrogens is 849 g/mol. The van der Waals surface area contributed by atoms with Crippen LogP contribution in [0.3, 0.4) is 0 Å². The minimum Gasteiger partial charge on any atom is -0.518 e. The summed E-state index contributed by atoms with van der Waals surface area (Å²) in [5, 5.41) is 10.4. The van der Waals surface area contributed by atoms with Gasteiger partial charge in [0, 0.05) is 18.0 Å². The number of amides is 4. The molecule has 64 heavy (non-hydrogen) atoms. The zero-order valence-electron chi connectivity index (χ0n) is 41.0. The van der Waals surface area contributed by atoms with Gasteiger partial charge in [0.1, 0.15) is 29.3 Å². The van der Waals surface area contributed by atoms with Crippen LogP contribution in [-0.2, 0) is 49.0 Å². The van der Waals surface area contributed by atoms with Crippen LogP contribution in [0.1, 0.15) is 113 Å². The van der Waals surface area contributed by atoms with Gasteiger partial charge in [-0.25, -0.2) is 9.59 Å². The minimum absolute atomic E-state index is 0.0302. The third-order valence-corrected chi connectivity index (χ3v) is 17.4. The van der Waals surface area contributed by atoms with Crippen LogP contribution in [-0.4, -0.2) is 88.4 Å². The molecule has 356 valence electrons. The van der Waals surface area contributed by atoms with E-state index in [1.54, 1.807) is 61.2 Å². The lowest BCUT2D eigenvalue weighted by atomic mass is 10.00. The predicted octanol–water partition coefficient (Wildman–Crippen LogP) is 8.55. The fraction of sp³-hybridized carbons (Fsp3) is 0.583. The molecule has 2 aromatic carbocycles. The van der Waals surface area contributed by atoms with E-state index in [9.17, 15) is 28.8 Å². The minimum atomic E-state index is -3.10. The van der Waals surface area contributed by atoms with Crippen molar-refractivity contribution in [3.63, 3.8) is 0 Å². The summed E-state index contributed by atoms with van der Waals surface area (Å²) in [6.45, 7) is 32.4. The maximum Gasteiger partial charge on any atom is 0.407 e. The molecule has 0 aliphatic rings. The van der Waals surface area contributed by atoms with Gasteiger partial charge in [-0.15, -0.1) is 0 Å². The molecule has 4 amide bonds. The monoisotopic (exact) mass is 925 g/mol. The fourth-order valence-corrected chi connectivity index (χ4v) is 14.5. The van der Waals surface area contributed by atoms with Crippen LogP contribution in [0.15, 0.2) is 72.8 Å². The van der Waals surface area contributed by atoms with Gasteiger partial charge in [0.2, 0.25) is 20.1 Å². The third kappa shape index (κ3) is 17.5. The highest BCUT2D eigenvalue weighted by Gasteiger charge is 2.58. The molecule has 0 bridgehead atoms. The second-order valence-electron chi connectivity index (χ2n) is 20.4. The lowest BCUT2D eigenvalue weighted by molar-refractivity contribution is -0.158. The number of hydrogen-bond acceptors (Lipinski definition) is 10. The molecule has 14 nitrogen and oxygen atoms in total. The van der Waals surface area contributed by atoms with E-state index >= 15 is 0 Å². The Balaban J connectivity index is 2.59. The maximum atomic E-state index is 14.6. The van der Waals surface area contributed by atoms with Crippen molar-refractivity contribution in [2.24, 2.45) is 0 Å². The summed E-state index contributed by atoms with van der Waals surface area (Å²) < 4.78 is 23.2. The number of ether oxygens (including phenoxy) is 2. The summed E-state index contributed by atoms with van der Waals surface area (Å²) in [4.78, 5) is 82.4. The molecule has 0 unspecified atom stereocenters. The number of rotatable bonds is 21. The van der Waals surface area contributed by atoms with E-state index in [2.05, 4.69) is 69.4 Å². The molecule has 2 rings (SSSR count). The van der Waals surface area contributed by atoms with Crippen LogP contribution in [0.2, 0.25) is 30.7 Å². The fourth-order valence-electron chi connectivity index (χ4n) is 7.87. The molecule has 0 radical (unpaired) electrons. The molecule has 0 spiro atoms. The Kier molecular flexibility index (Phi) is 20.1. The topological polar surface area (TPSA) is 187 Å². The van der Waals surface area contributed by atoms with Crippen LogP contribution < -0.4 is 21.3 Å². The van der Waals surface area contributed by atoms with Gasteiger partial charge in [0.25, 0.3) is 8.32 Å². The molecule has 0 aliphatic carbocycles. The third-order valence-electron chi connectivity index (χ3n) is 10.4. The van der Waals surface area contributed by atoms with Gasteiger partial charge in [-0.1, -0.05) is 109 Å². The first-order valence-corrected chi connectivity index (χ1v) is 27.6. The van der Waals surface area contributed by atoms with Crippen molar-refractivity contribution in [3.8, 4) is 0 Å². The smallest absolute Gasteiger partial charge is 0.407 e. The van der Waals surface area contributed by atoms with Crippen molar-refractivity contribution in [3.05, 3.63) is 83.9 Å². The summed E-state index contributed by atoms with van der Waals surface area (Å²) in [5.74, 6) is -3.16. The molecule has 4 N–H and O–H groups in total. The molecule has 0 fully saturated rings. The van der Waals surface area contributed by atoms with Crippen molar-refractivity contribution in [1.29, 1.82) is 0 Å². The summed E-state index contributed by atoms with van der Waals surface area (Å²) >= 11 is 0. The Morgan fingerprint density at radius 3 is 1.69 bits per heavy atom. The Morgan fingerprint density at radius 1 is 0.656 bits per heavy atom. The summed E-state index contributed by atoms with van der Waals surface area (Å²) in [5.41, 5.74) is 0.331. The van der Waals surface area contributed by atoms with Crippen molar-refractivity contribution in [2.75, 3.05) is 6.54 Å². The van der Waals surface area contributed by atoms with E-state index in [1.807, 2.05) is 60.7 Å². The average molecular weight is 925 g/mol. The van der Waals surface area contributed by atoms with Crippen molar-refractivity contribution in [1.82, 2.24) is 21.3 Å². The Hall–Kier alpha value is -4.97. The highest BCUT2D eigenvalue weighted by atomic mass is 28.4.